The van der Waals surface area contributed by atoms with Gasteiger partial charge in [0.05, 0.1) is 19.1 Å². The Morgan fingerprint density at radius 1 is 1.53 bits per heavy atom. The molecule has 1 aliphatic heterocycles. The molecule has 1 saturated heterocycles. The molecule has 0 spiro atoms. The van der Waals surface area contributed by atoms with Crippen LogP contribution < -0.4 is 11.1 Å². The van der Waals surface area contributed by atoms with Gasteiger partial charge in [-0.2, -0.15) is 0 Å². The SMILES string of the molecule is CC1(CNC(=O)[C@H]2COC[C@H]2N)CCC1. The van der Waals surface area contributed by atoms with Gasteiger partial charge < -0.3 is 15.8 Å². The van der Waals surface area contributed by atoms with E-state index in [1.54, 1.807) is 0 Å². The highest BCUT2D eigenvalue weighted by Crippen LogP contribution is 2.39. The molecule has 0 radical (unpaired) electrons. The standard InChI is InChI=1S/C11H20N2O2/c1-11(3-2-4-11)7-13-10(14)8-5-15-6-9(8)12/h8-9H,2-7,12H2,1H3,(H,13,14)/t8-,9+/m0/s1. The number of carbonyl (C=O) groups is 1. The van der Waals surface area contributed by atoms with Crippen molar-refractivity contribution in [2.45, 2.75) is 32.2 Å². The third-order valence-corrected chi connectivity index (χ3v) is 3.71. The summed E-state index contributed by atoms with van der Waals surface area (Å²) >= 11 is 0. The number of nitrogens with one attached hydrogen (secondary N) is 1. The maximum absolute atomic E-state index is 11.8. The zero-order valence-electron chi connectivity index (χ0n) is 9.29. The van der Waals surface area contributed by atoms with E-state index in [1.165, 1.54) is 19.3 Å². The quantitative estimate of drug-likeness (QED) is 0.705. The number of hydrogen-bond acceptors (Lipinski definition) is 3. The predicted molar refractivity (Wildman–Crippen MR) is 57.3 cm³/mol. The summed E-state index contributed by atoms with van der Waals surface area (Å²) in [7, 11) is 0. The molecule has 3 N–H and O–H groups in total. The molecule has 0 aromatic heterocycles. The van der Waals surface area contributed by atoms with Crippen LogP contribution in [-0.2, 0) is 9.53 Å². The van der Waals surface area contributed by atoms with Crippen molar-refractivity contribution in [3.8, 4) is 0 Å². The fourth-order valence-corrected chi connectivity index (χ4v) is 2.23. The molecule has 86 valence electrons. The largest absolute Gasteiger partial charge is 0.379 e. The maximum atomic E-state index is 11.8. The average molecular weight is 212 g/mol. The summed E-state index contributed by atoms with van der Waals surface area (Å²) in [4.78, 5) is 11.8. The van der Waals surface area contributed by atoms with Crippen LogP contribution in [0.5, 0.6) is 0 Å². The van der Waals surface area contributed by atoms with Crippen molar-refractivity contribution < 1.29 is 9.53 Å². The normalized spacial score (nSPS) is 33.5. The lowest BCUT2D eigenvalue weighted by atomic mass is 9.70. The Kier molecular flexibility index (Phi) is 2.98. The minimum Gasteiger partial charge on any atom is -0.379 e. The summed E-state index contributed by atoms with van der Waals surface area (Å²) < 4.78 is 5.18. The Bertz CT molecular complexity index is 251. The van der Waals surface area contributed by atoms with Gasteiger partial charge >= 0.3 is 0 Å². The summed E-state index contributed by atoms with van der Waals surface area (Å²) in [6, 6.07) is -0.126. The maximum Gasteiger partial charge on any atom is 0.227 e. The van der Waals surface area contributed by atoms with Crippen molar-refractivity contribution in [1.29, 1.82) is 0 Å². The molecule has 2 atom stereocenters. The smallest absolute Gasteiger partial charge is 0.227 e. The van der Waals surface area contributed by atoms with E-state index in [0.29, 0.717) is 18.6 Å². The molecule has 1 aliphatic carbocycles. The van der Waals surface area contributed by atoms with Gasteiger partial charge in [-0.15, -0.1) is 0 Å². The van der Waals surface area contributed by atoms with Crippen molar-refractivity contribution in [3.63, 3.8) is 0 Å². The van der Waals surface area contributed by atoms with Gasteiger partial charge in [0.15, 0.2) is 0 Å². The molecule has 2 rings (SSSR count). The van der Waals surface area contributed by atoms with E-state index in [-0.39, 0.29) is 17.9 Å². The lowest BCUT2D eigenvalue weighted by Gasteiger charge is -2.38. The lowest BCUT2D eigenvalue weighted by Crippen LogP contribution is -2.46. The van der Waals surface area contributed by atoms with Gasteiger partial charge in [0.2, 0.25) is 5.91 Å². The number of carbonyl (C=O) groups excluding carboxylic acids is 1. The highest BCUT2D eigenvalue weighted by molar-refractivity contribution is 5.79. The fraction of sp³-hybridized carbons (Fsp3) is 0.909. The second-order valence-corrected chi connectivity index (χ2v) is 5.19. The van der Waals surface area contributed by atoms with E-state index in [0.717, 1.165) is 6.54 Å². The molecule has 0 unspecified atom stereocenters. The van der Waals surface area contributed by atoms with Gasteiger partial charge in [-0.25, -0.2) is 0 Å². The minimum absolute atomic E-state index is 0.0631. The number of rotatable bonds is 3. The summed E-state index contributed by atoms with van der Waals surface area (Å²) in [6.07, 6.45) is 3.74. The first kappa shape index (κ1) is 10.9. The van der Waals surface area contributed by atoms with Gasteiger partial charge in [-0.05, 0) is 18.3 Å². The van der Waals surface area contributed by atoms with E-state index in [2.05, 4.69) is 12.2 Å². The molecule has 4 heteroatoms. The van der Waals surface area contributed by atoms with Crippen molar-refractivity contribution in [1.82, 2.24) is 5.32 Å². The first-order valence-electron chi connectivity index (χ1n) is 5.72. The van der Waals surface area contributed by atoms with E-state index < -0.39 is 0 Å². The topological polar surface area (TPSA) is 64.3 Å². The van der Waals surface area contributed by atoms with Crippen LogP contribution in [0, 0.1) is 11.3 Å². The van der Waals surface area contributed by atoms with E-state index in [1.807, 2.05) is 0 Å². The zero-order chi connectivity index (χ0) is 10.9. The van der Waals surface area contributed by atoms with Crippen molar-refractivity contribution in [2.75, 3.05) is 19.8 Å². The molecule has 2 aliphatic rings. The average Bonchev–Trinajstić information content (AvgIpc) is 2.58. The highest BCUT2D eigenvalue weighted by Gasteiger charge is 2.35. The molecular formula is C11H20N2O2. The zero-order valence-corrected chi connectivity index (χ0v) is 9.29. The fourth-order valence-electron chi connectivity index (χ4n) is 2.23. The molecule has 15 heavy (non-hydrogen) atoms. The van der Waals surface area contributed by atoms with E-state index in [9.17, 15) is 4.79 Å². The second kappa shape index (κ2) is 4.10. The van der Waals surface area contributed by atoms with Crippen LogP contribution >= 0.6 is 0 Å². The Balaban J connectivity index is 1.76. The second-order valence-electron chi connectivity index (χ2n) is 5.19. The van der Waals surface area contributed by atoms with Crippen molar-refractivity contribution in [3.05, 3.63) is 0 Å². The predicted octanol–water partition coefficient (Wildman–Crippen LogP) is 0.267. The molecular weight excluding hydrogens is 192 g/mol. The van der Waals surface area contributed by atoms with Crippen LogP contribution in [0.4, 0.5) is 0 Å². The van der Waals surface area contributed by atoms with Crippen LogP contribution in [0.3, 0.4) is 0 Å². The molecule has 1 saturated carbocycles. The van der Waals surface area contributed by atoms with Gasteiger partial charge in [0.1, 0.15) is 0 Å². The molecule has 4 nitrogen and oxygen atoms in total. The monoisotopic (exact) mass is 212 g/mol. The molecule has 2 fully saturated rings. The Labute approximate surface area is 90.5 Å². The number of hydrogen-bond donors (Lipinski definition) is 2. The van der Waals surface area contributed by atoms with Crippen LogP contribution in [0.25, 0.3) is 0 Å². The number of amides is 1. The van der Waals surface area contributed by atoms with Crippen LogP contribution in [-0.4, -0.2) is 31.7 Å². The van der Waals surface area contributed by atoms with E-state index in [4.69, 9.17) is 10.5 Å². The van der Waals surface area contributed by atoms with Crippen LogP contribution in [0.1, 0.15) is 26.2 Å². The Morgan fingerprint density at radius 3 is 2.73 bits per heavy atom. The van der Waals surface area contributed by atoms with Gasteiger partial charge in [0.25, 0.3) is 0 Å². The van der Waals surface area contributed by atoms with Gasteiger partial charge in [-0.3, -0.25) is 4.79 Å². The Morgan fingerprint density at radius 2 is 2.27 bits per heavy atom. The number of ether oxygens (including phenoxy) is 1. The first-order valence-corrected chi connectivity index (χ1v) is 5.72. The summed E-state index contributed by atoms with van der Waals surface area (Å²) in [5, 5.41) is 3.00. The lowest BCUT2D eigenvalue weighted by molar-refractivity contribution is -0.126. The Hall–Kier alpha value is -0.610. The molecule has 1 heterocycles. The van der Waals surface area contributed by atoms with Crippen LogP contribution in [0.2, 0.25) is 0 Å². The highest BCUT2D eigenvalue weighted by atomic mass is 16.5. The molecule has 0 aromatic carbocycles. The number of nitrogens with two attached hydrogens (primary N) is 1. The minimum atomic E-state index is -0.145. The summed E-state index contributed by atoms with van der Waals surface area (Å²) in [6.45, 7) is 4.00. The molecule has 0 aromatic rings. The molecule has 0 bridgehead atoms. The van der Waals surface area contributed by atoms with Gasteiger partial charge in [-0.1, -0.05) is 13.3 Å². The van der Waals surface area contributed by atoms with Gasteiger partial charge in [0, 0.05) is 12.6 Å². The third-order valence-electron chi connectivity index (χ3n) is 3.71. The first-order chi connectivity index (χ1) is 7.11. The summed E-state index contributed by atoms with van der Waals surface area (Å²) in [5.74, 6) is -0.0817. The van der Waals surface area contributed by atoms with Crippen molar-refractivity contribution >= 4 is 5.91 Å². The van der Waals surface area contributed by atoms with Crippen LogP contribution in [0.15, 0.2) is 0 Å². The van der Waals surface area contributed by atoms with E-state index >= 15 is 0 Å². The third kappa shape index (κ3) is 2.32. The van der Waals surface area contributed by atoms with Crippen molar-refractivity contribution in [2.24, 2.45) is 17.1 Å². The summed E-state index contributed by atoms with van der Waals surface area (Å²) in [5.41, 5.74) is 6.11. The molecule has 1 amide bonds.